The molecular formula is C17H23N3O3S. The molecule has 0 saturated carbocycles. The first-order chi connectivity index (χ1) is 11.3. The number of nitrogens with zero attached hydrogens (tertiary/aromatic N) is 2. The molecule has 0 fully saturated rings. The normalized spacial score (nSPS) is 12.0. The lowest BCUT2D eigenvalue weighted by Crippen LogP contribution is -2.39. The Bertz CT molecular complexity index is 735. The van der Waals surface area contributed by atoms with Crippen molar-refractivity contribution in [2.24, 2.45) is 0 Å². The van der Waals surface area contributed by atoms with Gasteiger partial charge in [-0.05, 0) is 33.3 Å². The van der Waals surface area contributed by atoms with Crippen molar-refractivity contribution in [3.8, 4) is 0 Å². The lowest BCUT2D eigenvalue weighted by atomic mass is 10.2. The van der Waals surface area contributed by atoms with Gasteiger partial charge in [-0.25, -0.2) is 4.98 Å². The van der Waals surface area contributed by atoms with E-state index in [2.05, 4.69) is 17.2 Å². The van der Waals surface area contributed by atoms with E-state index in [1.165, 1.54) is 6.26 Å². The van der Waals surface area contributed by atoms with Crippen LogP contribution >= 0.6 is 11.3 Å². The van der Waals surface area contributed by atoms with Crippen molar-refractivity contribution >= 4 is 23.2 Å². The minimum absolute atomic E-state index is 0.0528. The second-order valence-electron chi connectivity index (χ2n) is 5.66. The van der Waals surface area contributed by atoms with Crippen LogP contribution in [0.1, 0.15) is 51.6 Å². The van der Waals surface area contributed by atoms with Gasteiger partial charge >= 0.3 is 0 Å². The number of aromatic nitrogens is 1. The molecule has 2 heterocycles. The summed E-state index contributed by atoms with van der Waals surface area (Å²) in [4.78, 5) is 31.7. The van der Waals surface area contributed by atoms with Crippen LogP contribution in [0.3, 0.4) is 0 Å². The first kappa shape index (κ1) is 18.2. The summed E-state index contributed by atoms with van der Waals surface area (Å²) < 4.78 is 5.10. The summed E-state index contributed by atoms with van der Waals surface area (Å²) in [5.41, 5.74) is 1.41. The highest BCUT2D eigenvalue weighted by atomic mass is 32.1. The van der Waals surface area contributed by atoms with Gasteiger partial charge in [0.15, 0.2) is 0 Å². The molecule has 1 atom stereocenters. The number of amides is 2. The summed E-state index contributed by atoms with van der Waals surface area (Å²) in [5, 5.41) is 3.71. The Morgan fingerprint density at radius 3 is 2.67 bits per heavy atom. The van der Waals surface area contributed by atoms with Gasteiger partial charge in [-0.1, -0.05) is 6.92 Å². The maximum atomic E-state index is 12.4. The smallest absolute Gasteiger partial charge is 0.255 e. The Balaban J connectivity index is 1.97. The number of carbonyl (C=O) groups is 2. The van der Waals surface area contributed by atoms with Gasteiger partial charge in [0.2, 0.25) is 5.91 Å². The van der Waals surface area contributed by atoms with E-state index >= 15 is 0 Å². The molecule has 7 heteroatoms. The third kappa shape index (κ3) is 3.84. The van der Waals surface area contributed by atoms with Gasteiger partial charge in [-0.2, -0.15) is 0 Å². The molecule has 130 valence electrons. The molecule has 6 nitrogen and oxygen atoms in total. The summed E-state index contributed by atoms with van der Waals surface area (Å²) in [6, 6.07) is 1.51. The number of carbonyl (C=O) groups excluding carboxylic acids is 2. The first-order valence-electron chi connectivity index (χ1n) is 7.89. The SMILES string of the molecule is CCc1nc(C)c([C@@H](C)N(C)C(=O)CNC(=O)c2ccoc2C)s1. The summed E-state index contributed by atoms with van der Waals surface area (Å²) in [7, 11) is 1.74. The van der Waals surface area contributed by atoms with Gasteiger partial charge < -0.3 is 14.6 Å². The topological polar surface area (TPSA) is 75.4 Å². The van der Waals surface area contributed by atoms with Crippen molar-refractivity contribution in [3.63, 3.8) is 0 Å². The average molecular weight is 349 g/mol. The zero-order valence-electron chi connectivity index (χ0n) is 14.7. The summed E-state index contributed by atoms with van der Waals surface area (Å²) in [5.74, 6) is 0.0785. The fraction of sp³-hybridized carbons (Fsp3) is 0.471. The standard InChI is InChI=1S/C17H23N3O3S/c1-6-14-19-10(2)16(24-14)11(3)20(5)15(21)9-18-17(22)13-7-8-23-12(13)4/h7-8,11H,6,9H2,1-5H3,(H,18,22)/t11-/m1/s1. The van der Waals surface area contributed by atoms with Crippen molar-refractivity contribution in [1.29, 1.82) is 0 Å². The zero-order chi connectivity index (χ0) is 17.9. The van der Waals surface area contributed by atoms with E-state index in [4.69, 9.17) is 4.42 Å². The van der Waals surface area contributed by atoms with Crippen LogP contribution in [0.2, 0.25) is 0 Å². The number of aryl methyl sites for hydroxylation is 3. The van der Waals surface area contributed by atoms with E-state index < -0.39 is 0 Å². The Labute approximate surface area is 145 Å². The molecule has 2 rings (SSSR count). The first-order valence-corrected chi connectivity index (χ1v) is 8.70. The second-order valence-corrected chi connectivity index (χ2v) is 6.78. The van der Waals surface area contributed by atoms with Crippen molar-refractivity contribution in [1.82, 2.24) is 15.2 Å². The van der Waals surface area contributed by atoms with Crippen LogP contribution < -0.4 is 5.32 Å². The van der Waals surface area contributed by atoms with E-state index in [1.54, 1.807) is 36.3 Å². The predicted octanol–water partition coefficient (Wildman–Crippen LogP) is 2.86. The van der Waals surface area contributed by atoms with Gasteiger partial charge in [-0.15, -0.1) is 11.3 Å². The van der Waals surface area contributed by atoms with Crippen LogP contribution in [-0.4, -0.2) is 35.3 Å². The van der Waals surface area contributed by atoms with E-state index in [0.29, 0.717) is 11.3 Å². The van der Waals surface area contributed by atoms with Crippen LogP contribution in [0.15, 0.2) is 16.7 Å². The minimum atomic E-state index is -0.308. The molecule has 24 heavy (non-hydrogen) atoms. The Hall–Kier alpha value is -2.15. The number of hydrogen-bond donors (Lipinski definition) is 1. The van der Waals surface area contributed by atoms with Crippen LogP contribution in [0.25, 0.3) is 0 Å². The summed E-state index contributed by atoms with van der Waals surface area (Å²) in [6.45, 7) is 7.66. The third-order valence-electron chi connectivity index (χ3n) is 4.04. The molecular weight excluding hydrogens is 326 g/mol. The molecule has 0 spiro atoms. The molecule has 2 aromatic heterocycles. The second kappa shape index (κ2) is 7.61. The maximum Gasteiger partial charge on any atom is 0.255 e. The van der Waals surface area contributed by atoms with Crippen molar-refractivity contribution < 1.29 is 14.0 Å². The van der Waals surface area contributed by atoms with Gasteiger partial charge in [0, 0.05) is 11.9 Å². The third-order valence-corrected chi connectivity index (χ3v) is 5.51. The molecule has 0 aliphatic rings. The molecule has 0 aliphatic heterocycles. The highest BCUT2D eigenvalue weighted by Gasteiger charge is 2.22. The van der Waals surface area contributed by atoms with Crippen LogP contribution in [0, 0.1) is 13.8 Å². The molecule has 0 aliphatic carbocycles. The molecule has 0 saturated heterocycles. The van der Waals surface area contributed by atoms with Gasteiger partial charge in [0.1, 0.15) is 5.76 Å². The Morgan fingerprint density at radius 2 is 2.12 bits per heavy atom. The lowest BCUT2D eigenvalue weighted by Gasteiger charge is -2.24. The fourth-order valence-electron chi connectivity index (χ4n) is 2.39. The largest absolute Gasteiger partial charge is 0.469 e. The molecule has 2 aromatic rings. The van der Waals surface area contributed by atoms with Crippen molar-refractivity contribution in [3.05, 3.63) is 39.2 Å². The number of thiazole rings is 1. The number of hydrogen-bond acceptors (Lipinski definition) is 5. The molecule has 0 aromatic carbocycles. The molecule has 2 amide bonds. The Morgan fingerprint density at radius 1 is 1.42 bits per heavy atom. The van der Waals surface area contributed by atoms with E-state index in [9.17, 15) is 9.59 Å². The predicted molar refractivity (Wildman–Crippen MR) is 93.2 cm³/mol. The number of likely N-dealkylation sites (N-methyl/N-ethyl adjacent to an activating group) is 1. The molecule has 0 radical (unpaired) electrons. The van der Waals surface area contributed by atoms with Crippen molar-refractivity contribution in [2.75, 3.05) is 13.6 Å². The van der Waals surface area contributed by atoms with Crippen LogP contribution in [-0.2, 0) is 11.2 Å². The maximum absolute atomic E-state index is 12.4. The summed E-state index contributed by atoms with van der Waals surface area (Å²) >= 11 is 1.63. The highest BCUT2D eigenvalue weighted by Crippen LogP contribution is 2.28. The average Bonchev–Trinajstić information content (AvgIpc) is 3.16. The van der Waals surface area contributed by atoms with Gasteiger partial charge in [-0.3, -0.25) is 9.59 Å². The number of rotatable bonds is 6. The van der Waals surface area contributed by atoms with Crippen LogP contribution in [0.4, 0.5) is 0 Å². The number of furan rings is 1. The van der Waals surface area contributed by atoms with E-state index in [0.717, 1.165) is 22.0 Å². The van der Waals surface area contributed by atoms with Gasteiger partial charge in [0.05, 0.1) is 35.1 Å². The highest BCUT2D eigenvalue weighted by molar-refractivity contribution is 7.11. The molecule has 1 N–H and O–H groups in total. The monoisotopic (exact) mass is 349 g/mol. The van der Waals surface area contributed by atoms with E-state index in [1.807, 2.05) is 13.8 Å². The molecule has 0 bridgehead atoms. The minimum Gasteiger partial charge on any atom is -0.469 e. The Kier molecular flexibility index (Phi) is 5.77. The zero-order valence-corrected chi connectivity index (χ0v) is 15.5. The van der Waals surface area contributed by atoms with Gasteiger partial charge in [0.25, 0.3) is 5.91 Å². The fourth-order valence-corrected chi connectivity index (χ4v) is 3.50. The van der Waals surface area contributed by atoms with Crippen LogP contribution in [0.5, 0.6) is 0 Å². The lowest BCUT2D eigenvalue weighted by molar-refractivity contribution is -0.130. The number of nitrogens with one attached hydrogen (secondary N) is 1. The quantitative estimate of drug-likeness (QED) is 0.870. The molecule has 0 unspecified atom stereocenters. The van der Waals surface area contributed by atoms with E-state index in [-0.39, 0.29) is 24.4 Å². The van der Waals surface area contributed by atoms with Crippen molar-refractivity contribution in [2.45, 2.75) is 40.2 Å². The summed E-state index contributed by atoms with van der Waals surface area (Å²) in [6.07, 6.45) is 2.34.